The van der Waals surface area contributed by atoms with Gasteiger partial charge in [0.25, 0.3) is 0 Å². The van der Waals surface area contributed by atoms with E-state index in [1.165, 1.54) is 0 Å². The number of nitrogens with zero attached hydrogens (tertiary/aromatic N) is 2. The third-order valence-corrected chi connectivity index (χ3v) is 2.86. The number of pyridine rings is 1. The number of nitrogens with one attached hydrogen (secondary N) is 1. The minimum absolute atomic E-state index is 0.545. The van der Waals surface area contributed by atoms with Crippen molar-refractivity contribution in [3.63, 3.8) is 0 Å². The molecule has 0 aromatic carbocycles. The summed E-state index contributed by atoms with van der Waals surface area (Å²) in [5.41, 5.74) is 1.16. The van der Waals surface area contributed by atoms with E-state index in [9.17, 15) is 0 Å². The van der Waals surface area contributed by atoms with E-state index in [1.807, 2.05) is 18.3 Å². The Kier molecular flexibility index (Phi) is 5.74. The van der Waals surface area contributed by atoms with Crippen LogP contribution in [-0.4, -0.2) is 36.1 Å². The number of halogens is 1. The van der Waals surface area contributed by atoms with Crippen LogP contribution in [0.2, 0.25) is 5.15 Å². The molecule has 0 radical (unpaired) electrons. The molecule has 0 saturated carbocycles. The maximum Gasteiger partial charge on any atom is 0.129 e. The van der Waals surface area contributed by atoms with E-state index in [0.717, 1.165) is 25.2 Å². The Bertz CT molecular complexity index is 298. The van der Waals surface area contributed by atoms with Gasteiger partial charge in [0.15, 0.2) is 0 Å². The van der Waals surface area contributed by atoms with Crippen molar-refractivity contribution in [1.82, 2.24) is 15.2 Å². The number of hydrogen-bond donors (Lipinski definition) is 1. The summed E-state index contributed by atoms with van der Waals surface area (Å²) in [6.45, 7) is 7.28. The molecule has 1 aromatic heterocycles. The fourth-order valence-corrected chi connectivity index (χ4v) is 1.37. The third kappa shape index (κ3) is 4.92. The molecule has 0 fully saturated rings. The maximum absolute atomic E-state index is 5.71. The van der Waals surface area contributed by atoms with Crippen molar-refractivity contribution < 1.29 is 0 Å². The van der Waals surface area contributed by atoms with Gasteiger partial charge in [-0.3, -0.25) is 0 Å². The van der Waals surface area contributed by atoms with Crippen molar-refractivity contribution in [2.75, 3.05) is 20.1 Å². The molecule has 0 aliphatic heterocycles. The standard InChI is InChI=1S/C12H20ClN3/c1-10(2)16(3)7-6-14-8-11-4-5-12(13)15-9-11/h4-5,9-10,14H,6-8H2,1-3H3. The summed E-state index contributed by atoms with van der Waals surface area (Å²) in [7, 11) is 2.14. The quantitative estimate of drug-likeness (QED) is 0.611. The van der Waals surface area contributed by atoms with Gasteiger partial charge in [0.05, 0.1) is 0 Å². The molecule has 0 bridgehead atoms. The molecule has 0 atom stereocenters. The van der Waals surface area contributed by atoms with Crippen molar-refractivity contribution in [2.24, 2.45) is 0 Å². The molecular weight excluding hydrogens is 222 g/mol. The van der Waals surface area contributed by atoms with Crippen LogP contribution in [0.25, 0.3) is 0 Å². The van der Waals surface area contributed by atoms with Gasteiger partial charge in [-0.2, -0.15) is 0 Å². The zero-order valence-corrected chi connectivity index (χ0v) is 11.0. The second kappa shape index (κ2) is 6.84. The van der Waals surface area contributed by atoms with Gasteiger partial charge in [-0.1, -0.05) is 17.7 Å². The molecule has 16 heavy (non-hydrogen) atoms. The van der Waals surface area contributed by atoms with Crippen LogP contribution in [0.1, 0.15) is 19.4 Å². The van der Waals surface area contributed by atoms with Gasteiger partial charge < -0.3 is 10.2 Å². The van der Waals surface area contributed by atoms with Crippen molar-refractivity contribution in [2.45, 2.75) is 26.4 Å². The molecule has 0 spiro atoms. The topological polar surface area (TPSA) is 28.2 Å². The second-order valence-electron chi connectivity index (χ2n) is 4.24. The molecule has 0 amide bonds. The predicted molar refractivity (Wildman–Crippen MR) is 68.7 cm³/mol. The zero-order valence-electron chi connectivity index (χ0n) is 10.2. The minimum atomic E-state index is 0.545. The highest BCUT2D eigenvalue weighted by atomic mass is 35.5. The fraction of sp³-hybridized carbons (Fsp3) is 0.583. The van der Waals surface area contributed by atoms with Crippen molar-refractivity contribution in [3.05, 3.63) is 29.0 Å². The Morgan fingerprint density at radius 1 is 1.44 bits per heavy atom. The SMILES string of the molecule is CC(C)N(C)CCNCc1ccc(Cl)nc1. The highest BCUT2D eigenvalue weighted by Crippen LogP contribution is 2.04. The second-order valence-corrected chi connectivity index (χ2v) is 4.63. The lowest BCUT2D eigenvalue weighted by molar-refractivity contribution is 0.273. The van der Waals surface area contributed by atoms with Crippen LogP contribution >= 0.6 is 11.6 Å². The molecular formula is C12H20ClN3. The van der Waals surface area contributed by atoms with Gasteiger partial charge in [0.2, 0.25) is 0 Å². The predicted octanol–water partition coefficient (Wildman–Crippen LogP) is 2.16. The van der Waals surface area contributed by atoms with Crippen LogP contribution in [0.3, 0.4) is 0 Å². The molecule has 1 heterocycles. The molecule has 4 heteroatoms. The minimum Gasteiger partial charge on any atom is -0.311 e. The Morgan fingerprint density at radius 3 is 2.75 bits per heavy atom. The Labute approximate surface area is 103 Å². The van der Waals surface area contributed by atoms with E-state index in [2.05, 4.69) is 36.1 Å². The van der Waals surface area contributed by atoms with Gasteiger partial charge in [0.1, 0.15) is 5.15 Å². The van der Waals surface area contributed by atoms with Gasteiger partial charge in [-0.25, -0.2) is 4.98 Å². The molecule has 0 unspecified atom stereocenters. The summed E-state index contributed by atoms with van der Waals surface area (Å²) in [5.74, 6) is 0. The highest BCUT2D eigenvalue weighted by Gasteiger charge is 2.01. The monoisotopic (exact) mass is 241 g/mol. The van der Waals surface area contributed by atoms with Crippen molar-refractivity contribution in [1.29, 1.82) is 0 Å². The molecule has 1 rings (SSSR count). The number of hydrogen-bond acceptors (Lipinski definition) is 3. The lowest BCUT2D eigenvalue weighted by Crippen LogP contribution is -2.33. The van der Waals surface area contributed by atoms with Gasteiger partial charge in [-0.15, -0.1) is 0 Å². The van der Waals surface area contributed by atoms with E-state index >= 15 is 0 Å². The Morgan fingerprint density at radius 2 is 2.19 bits per heavy atom. The van der Waals surface area contributed by atoms with Gasteiger partial charge in [0, 0.05) is 31.9 Å². The third-order valence-electron chi connectivity index (χ3n) is 2.64. The van der Waals surface area contributed by atoms with E-state index in [-0.39, 0.29) is 0 Å². The summed E-state index contributed by atoms with van der Waals surface area (Å²) in [6, 6.07) is 4.41. The normalized spacial score (nSPS) is 11.4. The lowest BCUT2D eigenvalue weighted by Gasteiger charge is -2.20. The van der Waals surface area contributed by atoms with Crippen LogP contribution in [0, 0.1) is 0 Å². The Balaban J connectivity index is 2.18. The van der Waals surface area contributed by atoms with E-state index < -0.39 is 0 Å². The zero-order chi connectivity index (χ0) is 12.0. The average Bonchev–Trinajstić information content (AvgIpc) is 2.26. The van der Waals surface area contributed by atoms with E-state index in [4.69, 9.17) is 11.6 Å². The summed E-state index contributed by atoms with van der Waals surface area (Å²) in [5, 5.41) is 3.93. The summed E-state index contributed by atoms with van der Waals surface area (Å²) in [6.07, 6.45) is 1.81. The number of rotatable bonds is 6. The molecule has 1 aromatic rings. The molecule has 90 valence electrons. The summed E-state index contributed by atoms with van der Waals surface area (Å²) in [4.78, 5) is 6.35. The molecule has 3 nitrogen and oxygen atoms in total. The Hall–Kier alpha value is -0.640. The lowest BCUT2D eigenvalue weighted by atomic mass is 10.3. The smallest absolute Gasteiger partial charge is 0.129 e. The number of likely N-dealkylation sites (N-methyl/N-ethyl adjacent to an activating group) is 1. The highest BCUT2D eigenvalue weighted by molar-refractivity contribution is 6.29. The first-order chi connectivity index (χ1) is 7.59. The largest absolute Gasteiger partial charge is 0.311 e. The first kappa shape index (κ1) is 13.4. The molecule has 1 N–H and O–H groups in total. The molecule has 0 saturated heterocycles. The maximum atomic E-state index is 5.71. The van der Waals surface area contributed by atoms with Crippen LogP contribution in [-0.2, 0) is 6.54 Å². The van der Waals surface area contributed by atoms with Crippen molar-refractivity contribution >= 4 is 11.6 Å². The molecule has 0 aliphatic rings. The first-order valence-electron chi connectivity index (χ1n) is 5.61. The van der Waals surface area contributed by atoms with Crippen LogP contribution < -0.4 is 5.32 Å². The molecule has 0 aliphatic carbocycles. The van der Waals surface area contributed by atoms with E-state index in [0.29, 0.717) is 11.2 Å². The van der Waals surface area contributed by atoms with Crippen LogP contribution in [0.4, 0.5) is 0 Å². The van der Waals surface area contributed by atoms with E-state index in [1.54, 1.807) is 0 Å². The first-order valence-corrected chi connectivity index (χ1v) is 5.99. The van der Waals surface area contributed by atoms with Gasteiger partial charge >= 0.3 is 0 Å². The van der Waals surface area contributed by atoms with Gasteiger partial charge in [-0.05, 0) is 32.5 Å². The number of aromatic nitrogens is 1. The van der Waals surface area contributed by atoms with Crippen LogP contribution in [0.5, 0.6) is 0 Å². The summed E-state index contributed by atoms with van der Waals surface area (Å²) < 4.78 is 0. The summed E-state index contributed by atoms with van der Waals surface area (Å²) >= 11 is 5.71. The fourth-order valence-electron chi connectivity index (χ4n) is 1.26. The van der Waals surface area contributed by atoms with Crippen LogP contribution in [0.15, 0.2) is 18.3 Å². The average molecular weight is 242 g/mol. The van der Waals surface area contributed by atoms with Crippen molar-refractivity contribution in [3.8, 4) is 0 Å².